The Kier molecular flexibility index (Phi) is 4.34. The van der Waals surface area contributed by atoms with Gasteiger partial charge in [0.25, 0.3) is 0 Å². The monoisotopic (exact) mass is 292 g/mol. The van der Waals surface area contributed by atoms with Gasteiger partial charge in [-0.05, 0) is 60.7 Å². The Bertz CT molecular complexity index is 614. The molecule has 1 atom stereocenters. The van der Waals surface area contributed by atoms with Crippen LogP contribution in [0.3, 0.4) is 0 Å². The fourth-order valence-corrected chi connectivity index (χ4v) is 2.93. The largest absolute Gasteiger partial charge is 0.496 e. The molecule has 0 radical (unpaired) electrons. The van der Waals surface area contributed by atoms with E-state index in [0.717, 1.165) is 33.6 Å². The van der Waals surface area contributed by atoms with Gasteiger partial charge < -0.3 is 4.74 Å². The minimum atomic E-state index is -0.293. The summed E-state index contributed by atoms with van der Waals surface area (Å²) in [6.45, 7) is 5.87. The SMILES string of the molecule is COc1c(C)cc(C(Cl)c2ccc(F)cc2C)cc1C. The van der Waals surface area contributed by atoms with Crippen molar-refractivity contribution in [2.24, 2.45) is 0 Å². The van der Waals surface area contributed by atoms with Crippen LogP contribution < -0.4 is 4.74 Å². The average Bonchev–Trinajstić information content (AvgIpc) is 2.37. The third-order valence-electron chi connectivity index (χ3n) is 3.48. The van der Waals surface area contributed by atoms with Crippen molar-refractivity contribution in [1.29, 1.82) is 0 Å². The van der Waals surface area contributed by atoms with Crippen LogP contribution in [0.4, 0.5) is 4.39 Å². The molecule has 0 N–H and O–H groups in total. The molecule has 0 saturated carbocycles. The summed E-state index contributed by atoms with van der Waals surface area (Å²) in [5.41, 5.74) is 4.88. The van der Waals surface area contributed by atoms with Crippen LogP contribution in [-0.2, 0) is 0 Å². The predicted molar refractivity (Wildman–Crippen MR) is 81.3 cm³/mol. The molecule has 2 aromatic carbocycles. The van der Waals surface area contributed by atoms with E-state index >= 15 is 0 Å². The summed E-state index contributed by atoms with van der Waals surface area (Å²) in [4.78, 5) is 0. The molecule has 106 valence electrons. The molecule has 3 heteroatoms. The van der Waals surface area contributed by atoms with Gasteiger partial charge >= 0.3 is 0 Å². The average molecular weight is 293 g/mol. The van der Waals surface area contributed by atoms with Gasteiger partial charge in [-0.2, -0.15) is 0 Å². The molecule has 0 aliphatic carbocycles. The van der Waals surface area contributed by atoms with Crippen LogP contribution in [0.1, 0.15) is 33.2 Å². The second-order valence-electron chi connectivity index (χ2n) is 5.05. The molecule has 0 saturated heterocycles. The maximum absolute atomic E-state index is 13.2. The molecule has 2 aromatic rings. The predicted octanol–water partition coefficient (Wildman–Crippen LogP) is 5.09. The van der Waals surface area contributed by atoms with Gasteiger partial charge in [0.1, 0.15) is 11.6 Å². The second kappa shape index (κ2) is 5.84. The topological polar surface area (TPSA) is 9.23 Å². The number of hydrogen-bond donors (Lipinski definition) is 0. The van der Waals surface area contributed by atoms with Gasteiger partial charge in [0.05, 0.1) is 12.5 Å². The van der Waals surface area contributed by atoms with Crippen LogP contribution in [0.25, 0.3) is 0 Å². The smallest absolute Gasteiger partial charge is 0.124 e. The quantitative estimate of drug-likeness (QED) is 0.716. The molecule has 20 heavy (non-hydrogen) atoms. The number of alkyl halides is 1. The Balaban J connectivity index is 2.45. The van der Waals surface area contributed by atoms with Crippen molar-refractivity contribution in [1.82, 2.24) is 0 Å². The molecule has 1 nitrogen and oxygen atoms in total. The van der Waals surface area contributed by atoms with E-state index < -0.39 is 0 Å². The number of rotatable bonds is 3. The van der Waals surface area contributed by atoms with Crippen molar-refractivity contribution in [2.75, 3.05) is 7.11 Å². The number of ether oxygens (including phenoxy) is 1. The van der Waals surface area contributed by atoms with E-state index in [1.165, 1.54) is 12.1 Å². The van der Waals surface area contributed by atoms with E-state index in [0.29, 0.717) is 0 Å². The van der Waals surface area contributed by atoms with Gasteiger partial charge in [-0.15, -0.1) is 11.6 Å². The molecular weight excluding hydrogens is 275 g/mol. The van der Waals surface area contributed by atoms with Crippen LogP contribution >= 0.6 is 11.6 Å². The van der Waals surface area contributed by atoms with Crippen molar-refractivity contribution < 1.29 is 9.13 Å². The molecule has 1 unspecified atom stereocenters. The Morgan fingerprint density at radius 1 is 1.00 bits per heavy atom. The van der Waals surface area contributed by atoms with Gasteiger partial charge in [-0.1, -0.05) is 18.2 Å². The molecule has 0 spiro atoms. The van der Waals surface area contributed by atoms with Gasteiger partial charge in [-0.25, -0.2) is 4.39 Å². The Labute approximate surface area is 124 Å². The van der Waals surface area contributed by atoms with Crippen LogP contribution in [0.15, 0.2) is 30.3 Å². The maximum atomic E-state index is 13.2. The Morgan fingerprint density at radius 3 is 2.10 bits per heavy atom. The highest BCUT2D eigenvalue weighted by molar-refractivity contribution is 6.22. The summed E-state index contributed by atoms with van der Waals surface area (Å²) in [6, 6.07) is 8.74. The molecule has 0 aromatic heterocycles. The highest BCUT2D eigenvalue weighted by Crippen LogP contribution is 2.35. The van der Waals surface area contributed by atoms with Crippen molar-refractivity contribution in [3.8, 4) is 5.75 Å². The first-order chi connectivity index (χ1) is 9.43. The molecule has 0 aliphatic heterocycles. The first kappa shape index (κ1) is 14.9. The number of benzene rings is 2. The molecule has 0 heterocycles. The van der Waals surface area contributed by atoms with Crippen molar-refractivity contribution in [3.05, 3.63) is 64.0 Å². The van der Waals surface area contributed by atoms with E-state index in [1.807, 2.05) is 32.9 Å². The lowest BCUT2D eigenvalue weighted by Gasteiger charge is -2.17. The van der Waals surface area contributed by atoms with E-state index in [2.05, 4.69) is 0 Å². The summed E-state index contributed by atoms with van der Waals surface area (Å²) < 4.78 is 18.5. The van der Waals surface area contributed by atoms with Crippen molar-refractivity contribution in [3.63, 3.8) is 0 Å². The zero-order valence-electron chi connectivity index (χ0n) is 12.1. The van der Waals surface area contributed by atoms with Crippen LogP contribution in [0.5, 0.6) is 5.75 Å². The molecule has 0 amide bonds. The molecular formula is C17H18ClFO. The first-order valence-electron chi connectivity index (χ1n) is 6.49. The van der Waals surface area contributed by atoms with Gasteiger partial charge in [0.15, 0.2) is 0 Å². The number of hydrogen-bond acceptors (Lipinski definition) is 1. The summed E-state index contributed by atoms with van der Waals surface area (Å²) >= 11 is 6.57. The summed E-state index contributed by atoms with van der Waals surface area (Å²) in [7, 11) is 1.66. The van der Waals surface area contributed by atoms with Crippen LogP contribution in [0, 0.1) is 26.6 Å². The first-order valence-corrected chi connectivity index (χ1v) is 6.93. The molecule has 2 rings (SSSR count). The Hall–Kier alpha value is -1.54. The highest BCUT2D eigenvalue weighted by Gasteiger charge is 2.16. The third-order valence-corrected chi connectivity index (χ3v) is 3.97. The lowest BCUT2D eigenvalue weighted by Crippen LogP contribution is -2.00. The lowest BCUT2D eigenvalue weighted by atomic mass is 9.96. The second-order valence-corrected chi connectivity index (χ2v) is 5.49. The molecule has 0 bridgehead atoms. The fourth-order valence-electron chi connectivity index (χ4n) is 2.56. The fraction of sp³-hybridized carbons (Fsp3) is 0.294. The van der Waals surface area contributed by atoms with E-state index in [1.54, 1.807) is 13.2 Å². The number of methoxy groups -OCH3 is 1. The molecule has 0 aliphatic rings. The highest BCUT2D eigenvalue weighted by atomic mass is 35.5. The van der Waals surface area contributed by atoms with E-state index in [9.17, 15) is 4.39 Å². The van der Waals surface area contributed by atoms with Gasteiger partial charge in [0.2, 0.25) is 0 Å². The number of halogens is 2. The normalized spacial score (nSPS) is 12.3. The van der Waals surface area contributed by atoms with Crippen LogP contribution in [0.2, 0.25) is 0 Å². The summed E-state index contributed by atoms with van der Waals surface area (Å²) in [5.74, 6) is 0.644. The zero-order valence-corrected chi connectivity index (χ0v) is 12.9. The standard InChI is InChI=1S/C17H18ClFO/c1-10-9-14(19)5-6-15(10)16(18)13-7-11(2)17(20-4)12(3)8-13/h5-9,16H,1-4H3. The summed E-state index contributed by atoms with van der Waals surface area (Å²) in [6.07, 6.45) is 0. The van der Waals surface area contributed by atoms with Crippen molar-refractivity contribution >= 4 is 11.6 Å². The molecule has 0 fully saturated rings. The lowest BCUT2D eigenvalue weighted by molar-refractivity contribution is 0.408. The number of aryl methyl sites for hydroxylation is 3. The van der Waals surface area contributed by atoms with Crippen molar-refractivity contribution in [2.45, 2.75) is 26.1 Å². The van der Waals surface area contributed by atoms with E-state index in [4.69, 9.17) is 16.3 Å². The van der Waals surface area contributed by atoms with E-state index in [-0.39, 0.29) is 11.2 Å². The van der Waals surface area contributed by atoms with Gasteiger partial charge in [0, 0.05) is 0 Å². The van der Waals surface area contributed by atoms with Crippen LogP contribution in [-0.4, -0.2) is 7.11 Å². The third kappa shape index (κ3) is 2.80. The zero-order chi connectivity index (χ0) is 14.9. The minimum absolute atomic E-state index is 0.239. The Morgan fingerprint density at radius 2 is 1.60 bits per heavy atom. The van der Waals surface area contributed by atoms with Gasteiger partial charge in [-0.3, -0.25) is 0 Å². The minimum Gasteiger partial charge on any atom is -0.496 e. The summed E-state index contributed by atoms with van der Waals surface area (Å²) in [5, 5.41) is -0.293. The maximum Gasteiger partial charge on any atom is 0.124 e.